The predicted octanol–water partition coefficient (Wildman–Crippen LogP) is 3.10. The number of carbonyl (C=O) groups is 3. The lowest BCUT2D eigenvalue weighted by atomic mass is 9.90. The van der Waals surface area contributed by atoms with E-state index in [1.807, 2.05) is 17.0 Å². The maximum atomic E-state index is 12.8. The fourth-order valence-corrected chi connectivity index (χ4v) is 4.90. The molecule has 8 nitrogen and oxygen atoms in total. The van der Waals surface area contributed by atoms with Crippen molar-refractivity contribution in [3.05, 3.63) is 59.7 Å². The van der Waals surface area contributed by atoms with Gasteiger partial charge in [0.25, 0.3) is 5.91 Å². The van der Waals surface area contributed by atoms with E-state index in [0.29, 0.717) is 23.8 Å². The molecule has 2 fully saturated rings. The van der Waals surface area contributed by atoms with E-state index in [2.05, 4.69) is 29.6 Å². The highest BCUT2D eigenvalue weighted by molar-refractivity contribution is 6.04. The standard InChI is InChI=1S/C26H29N3O5/c30-24(28-12-10-19(11-13-28)14-18-4-2-1-3-5-18)9-7-21-25(31)29(26(32)27-21)16-20-6-8-22-23(15-20)34-17-33-22/h1-6,8,15,19,21H,7,9-14,16-17H2,(H,27,32)/t21-/m0/s1. The summed E-state index contributed by atoms with van der Waals surface area (Å²) in [5.41, 5.74) is 2.12. The van der Waals surface area contributed by atoms with Gasteiger partial charge in [0.1, 0.15) is 6.04 Å². The van der Waals surface area contributed by atoms with Crippen LogP contribution in [0.3, 0.4) is 0 Å². The number of urea groups is 1. The van der Waals surface area contributed by atoms with E-state index in [-0.39, 0.29) is 31.6 Å². The predicted molar refractivity (Wildman–Crippen MR) is 124 cm³/mol. The fraction of sp³-hybridized carbons (Fsp3) is 0.423. The SMILES string of the molecule is O=C(CC[C@@H]1NC(=O)N(Cc2ccc3c(c2)OCO3)C1=O)N1CCC(Cc2ccccc2)CC1. The Labute approximate surface area is 198 Å². The Morgan fingerprint density at radius 3 is 2.53 bits per heavy atom. The molecule has 2 aromatic carbocycles. The summed E-state index contributed by atoms with van der Waals surface area (Å²) in [7, 11) is 0. The van der Waals surface area contributed by atoms with Gasteiger partial charge in [-0.15, -0.1) is 0 Å². The average molecular weight is 464 g/mol. The molecule has 2 aromatic rings. The molecule has 4 amide bonds. The van der Waals surface area contributed by atoms with Crippen LogP contribution < -0.4 is 14.8 Å². The second-order valence-electron chi connectivity index (χ2n) is 9.17. The van der Waals surface area contributed by atoms with Gasteiger partial charge in [-0.25, -0.2) is 4.79 Å². The maximum absolute atomic E-state index is 12.8. The van der Waals surface area contributed by atoms with Gasteiger partial charge in [0.2, 0.25) is 12.7 Å². The van der Waals surface area contributed by atoms with Crippen molar-refractivity contribution in [1.29, 1.82) is 0 Å². The summed E-state index contributed by atoms with van der Waals surface area (Å²) in [5, 5.41) is 2.73. The van der Waals surface area contributed by atoms with Crippen LogP contribution in [0.15, 0.2) is 48.5 Å². The molecule has 0 bridgehead atoms. The number of nitrogens with one attached hydrogen (secondary N) is 1. The van der Waals surface area contributed by atoms with Gasteiger partial charge in [-0.05, 0) is 54.9 Å². The third kappa shape index (κ3) is 4.85. The molecule has 3 aliphatic heterocycles. The smallest absolute Gasteiger partial charge is 0.325 e. The summed E-state index contributed by atoms with van der Waals surface area (Å²) in [6.07, 6.45) is 3.58. The Bertz CT molecular complexity index is 1070. The molecule has 3 heterocycles. The number of hydrogen-bond donors (Lipinski definition) is 1. The maximum Gasteiger partial charge on any atom is 0.325 e. The Kier molecular flexibility index (Phi) is 6.38. The van der Waals surface area contributed by atoms with E-state index < -0.39 is 12.1 Å². The molecule has 0 saturated carbocycles. The molecule has 1 atom stereocenters. The molecule has 34 heavy (non-hydrogen) atoms. The molecular formula is C26H29N3O5. The molecule has 1 N–H and O–H groups in total. The molecular weight excluding hydrogens is 434 g/mol. The van der Waals surface area contributed by atoms with Crippen LogP contribution in [0, 0.1) is 5.92 Å². The van der Waals surface area contributed by atoms with Crippen molar-refractivity contribution in [2.45, 2.75) is 44.7 Å². The molecule has 8 heteroatoms. The quantitative estimate of drug-likeness (QED) is 0.638. The number of nitrogens with zero attached hydrogens (tertiary/aromatic N) is 2. The Balaban J connectivity index is 1.08. The molecule has 2 saturated heterocycles. The van der Waals surface area contributed by atoms with Crippen molar-refractivity contribution >= 4 is 17.8 Å². The summed E-state index contributed by atoms with van der Waals surface area (Å²) >= 11 is 0. The number of amides is 4. The van der Waals surface area contributed by atoms with E-state index in [0.717, 1.165) is 37.9 Å². The van der Waals surface area contributed by atoms with Gasteiger partial charge in [-0.1, -0.05) is 36.4 Å². The molecule has 0 aliphatic carbocycles. The van der Waals surface area contributed by atoms with Gasteiger partial charge in [0.15, 0.2) is 11.5 Å². The van der Waals surface area contributed by atoms with Crippen LogP contribution in [0.25, 0.3) is 0 Å². The van der Waals surface area contributed by atoms with Crippen molar-refractivity contribution in [3.8, 4) is 11.5 Å². The highest BCUT2D eigenvalue weighted by Crippen LogP contribution is 2.33. The Morgan fingerprint density at radius 1 is 0.971 bits per heavy atom. The van der Waals surface area contributed by atoms with Gasteiger partial charge < -0.3 is 19.7 Å². The molecule has 178 valence electrons. The zero-order chi connectivity index (χ0) is 23.5. The van der Waals surface area contributed by atoms with Crippen LogP contribution >= 0.6 is 0 Å². The lowest BCUT2D eigenvalue weighted by Crippen LogP contribution is -2.40. The topological polar surface area (TPSA) is 88.2 Å². The number of fused-ring (bicyclic) bond motifs is 1. The van der Waals surface area contributed by atoms with Gasteiger partial charge >= 0.3 is 6.03 Å². The Hall–Kier alpha value is -3.55. The number of benzene rings is 2. The molecule has 5 rings (SSSR count). The van der Waals surface area contributed by atoms with E-state index in [9.17, 15) is 14.4 Å². The number of imide groups is 1. The number of carbonyl (C=O) groups excluding carboxylic acids is 3. The van der Waals surface area contributed by atoms with Gasteiger partial charge in [-0.3, -0.25) is 14.5 Å². The third-order valence-electron chi connectivity index (χ3n) is 6.87. The van der Waals surface area contributed by atoms with Crippen LogP contribution in [0.5, 0.6) is 11.5 Å². The number of hydrogen-bond acceptors (Lipinski definition) is 5. The molecule has 0 unspecified atom stereocenters. The lowest BCUT2D eigenvalue weighted by Gasteiger charge is -2.32. The van der Waals surface area contributed by atoms with Crippen molar-refractivity contribution in [1.82, 2.24) is 15.1 Å². The normalized spacial score (nSPS) is 20.1. The van der Waals surface area contributed by atoms with Gasteiger partial charge in [0.05, 0.1) is 6.54 Å². The second-order valence-corrected chi connectivity index (χ2v) is 9.17. The molecule has 3 aliphatic rings. The molecule has 0 spiro atoms. The van der Waals surface area contributed by atoms with Crippen molar-refractivity contribution < 1.29 is 23.9 Å². The molecule has 0 radical (unpaired) electrons. The minimum absolute atomic E-state index is 0.0504. The van der Waals surface area contributed by atoms with Crippen LogP contribution in [0.4, 0.5) is 4.79 Å². The largest absolute Gasteiger partial charge is 0.454 e. The average Bonchev–Trinajstić information content (AvgIpc) is 3.43. The second kappa shape index (κ2) is 9.75. The number of likely N-dealkylation sites (tertiary alicyclic amines) is 1. The first kappa shape index (κ1) is 22.3. The van der Waals surface area contributed by atoms with Crippen LogP contribution in [0.2, 0.25) is 0 Å². The zero-order valence-corrected chi connectivity index (χ0v) is 19.1. The van der Waals surface area contributed by atoms with E-state index in [1.165, 1.54) is 10.5 Å². The van der Waals surface area contributed by atoms with Gasteiger partial charge in [0, 0.05) is 19.5 Å². The summed E-state index contributed by atoms with van der Waals surface area (Å²) in [6, 6.07) is 14.7. The zero-order valence-electron chi connectivity index (χ0n) is 19.1. The number of piperidine rings is 1. The Morgan fingerprint density at radius 2 is 1.74 bits per heavy atom. The van der Waals surface area contributed by atoms with E-state index in [4.69, 9.17) is 9.47 Å². The van der Waals surface area contributed by atoms with Crippen molar-refractivity contribution in [3.63, 3.8) is 0 Å². The van der Waals surface area contributed by atoms with E-state index in [1.54, 1.807) is 12.1 Å². The van der Waals surface area contributed by atoms with Crippen molar-refractivity contribution in [2.75, 3.05) is 19.9 Å². The first-order valence-electron chi connectivity index (χ1n) is 11.9. The highest BCUT2D eigenvalue weighted by atomic mass is 16.7. The summed E-state index contributed by atoms with van der Waals surface area (Å²) < 4.78 is 10.7. The van der Waals surface area contributed by atoms with E-state index >= 15 is 0 Å². The minimum atomic E-state index is -0.666. The number of ether oxygens (including phenoxy) is 2. The summed E-state index contributed by atoms with van der Waals surface area (Å²) in [4.78, 5) is 41.1. The van der Waals surface area contributed by atoms with Crippen LogP contribution in [0.1, 0.15) is 36.8 Å². The monoisotopic (exact) mass is 463 g/mol. The van der Waals surface area contributed by atoms with Crippen LogP contribution in [-0.2, 0) is 22.6 Å². The first-order chi connectivity index (χ1) is 16.6. The minimum Gasteiger partial charge on any atom is -0.454 e. The summed E-state index contributed by atoms with van der Waals surface area (Å²) in [6.45, 7) is 1.82. The highest BCUT2D eigenvalue weighted by Gasteiger charge is 2.38. The fourth-order valence-electron chi connectivity index (χ4n) is 4.90. The van der Waals surface area contributed by atoms with Gasteiger partial charge in [-0.2, -0.15) is 0 Å². The first-order valence-corrected chi connectivity index (χ1v) is 11.9. The van der Waals surface area contributed by atoms with Crippen molar-refractivity contribution in [2.24, 2.45) is 5.92 Å². The van der Waals surface area contributed by atoms with Crippen LogP contribution in [-0.4, -0.2) is 53.6 Å². The summed E-state index contributed by atoms with van der Waals surface area (Å²) in [5.74, 6) is 1.61. The number of rotatable bonds is 7. The third-order valence-corrected chi connectivity index (χ3v) is 6.87. The molecule has 0 aromatic heterocycles. The lowest BCUT2D eigenvalue weighted by molar-refractivity contribution is -0.133.